The van der Waals surface area contributed by atoms with Crippen molar-refractivity contribution in [1.82, 2.24) is 4.57 Å². The Morgan fingerprint density at radius 2 is 1.60 bits per heavy atom. The fourth-order valence-corrected chi connectivity index (χ4v) is 8.60. The molecule has 6 rings (SSSR count). The number of aryl methyl sites for hydroxylation is 1. The van der Waals surface area contributed by atoms with Gasteiger partial charge < -0.3 is 5.32 Å². The van der Waals surface area contributed by atoms with Gasteiger partial charge in [-0.05, 0) is 59.4 Å². The molecule has 0 bridgehead atoms. The summed E-state index contributed by atoms with van der Waals surface area (Å²) in [6.45, 7) is 8.08. The lowest BCUT2D eigenvalue weighted by molar-refractivity contribution is -0.122. The first-order valence-electron chi connectivity index (χ1n) is 13.9. The van der Waals surface area contributed by atoms with Crippen molar-refractivity contribution in [3.05, 3.63) is 109 Å². The fourth-order valence-electron chi connectivity index (χ4n) is 5.70. The Hall–Kier alpha value is -3.66. The first kappa shape index (κ1) is 29.4. The second-order valence-electron chi connectivity index (χ2n) is 11.9. The molecule has 1 aromatic heterocycles. The molecule has 3 heterocycles. The smallest absolute Gasteiger partial charge is 0.308 e. The van der Waals surface area contributed by atoms with Crippen molar-refractivity contribution in [3.63, 3.8) is 0 Å². The van der Waals surface area contributed by atoms with Gasteiger partial charge in [0, 0.05) is 21.5 Å². The van der Waals surface area contributed by atoms with E-state index in [1.54, 1.807) is 24.3 Å². The Kier molecular flexibility index (Phi) is 7.61. The summed E-state index contributed by atoms with van der Waals surface area (Å²) in [7, 11) is 0. The topological polar surface area (TPSA) is 88.5 Å². The number of anilines is 2. The molecule has 10 heteroatoms. The van der Waals surface area contributed by atoms with E-state index in [9.17, 15) is 19.2 Å². The quantitative estimate of drug-likeness (QED) is 0.251. The molecule has 1 fully saturated rings. The van der Waals surface area contributed by atoms with E-state index in [0.29, 0.717) is 26.3 Å². The third-order valence-corrected chi connectivity index (χ3v) is 10.8. The predicted octanol–water partition coefficient (Wildman–Crippen LogP) is 6.60. The molecule has 1 saturated heterocycles. The highest BCUT2D eigenvalue weighted by Gasteiger charge is 2.56. The van der Waals surface area contributed by atoms with E-state index in [-0.39, 0.29) is 34.6 Å². The lowest BCUT2D eigenvalue weighted by Crippen LogP contribution is -2.33. The van der Waals surface area contributed by atoms with Gasteiger partial charge in [-0.1, -0.05) is 97.9 Å². The summed E-state index contributed by atoms with van der Waals surface area (Å²) in [6.07, 6.45) is 0. The van der Waals surface area contributed by atoms with Crippen molar-refractivity contribution in [2.24, 2.45) is 5.92 Å². The van der Waals surface area contributed by atoms with Gasteiger partial charge in [-0.15, -0.1) is 0 Å². The van der Waals surface area contributed by atoms with Crippen molar-refractivity contribution in [3.8, 4) is 0 Å². The molecule has 7 nitrogen and oxygen atoms in total. The number of amides is 3. The molecular formula is C33H30ClN3O4S2. The van der Waals surface area contributed by atoms with E-state index < -0.39 is 17.1 Å². The Labute approximate surface area is 262 Å². The van der Waals surface area contributed by atoms with Gasteiger partial charge in [-0.2, -0.15) is 0 Å². The highest BCUT2D eigenvalue weighted by molar-refractivity contribution is 8.00. The van der Waals surface area contributed by atoms with Crippen LogP contribution in [-0.2, 0) is 26.3 Å². The number of halogens is 1. The molecule has 3 amide bonds. The van der Waals surface area contributed by atoms with Crippen molar-refractivity contribution in [1.29, 1.82) is 0 Å². The van der Waals surface area contributed by atoms with E-state index >= 15 is 0 Å². The zero-order chi connectivity index (χ0) is 30.6. The van der Waals surface area contributed by atoms with E-state index in [4.69, 9.17) is 11.6 Å². The van der Waals surface area contributed by atoms with Crippen LogP contribution in [0.25, 0.3) is 0 Å². The minimum absolute atomic E-state index is 0.0716. The molecule has 0 aliphatic carbocycles. The Bertz CT molecular complexity index is 1810. The fraction of sp³-hybridized carbons (Fsp3) is 0.273. The van der Waals surface area contributed by atoms with Crippen LogP contribution >= 0.6 is 34.7 Å². The van der Waals surface area contributed by atoms with Crippen molar-refractivity contribution < 1.29 is 14.4 Å². The highest BCUT2D eigenvalue weighted by Crippen LogP contribution is 2.54. The molecule has 43 heavy (non-hydrogen) atoms. The normalized spacial score (nSPS) is 19.7. The standard InChI is InChI=1S/C33H30ClN3O4S2/c1-18-7-5-6-8-23(18)35-24(38)17-36-31-28(43-32(36)41)25(19-9-11-20(12-10-19)33(2,3)4)26-27(42-31)30(40)37(29(26)39)22-15-13-21(34)14-16-22/h5-16,25-27H,17H2,1-4H3,(H,35,38). The number of aromatic nitrogens is 1. The predicted molar refractivity (Wildman–Crippen MR) is 172 cm³/mol. The van der Waals surface area contributed by atoms with Crippen LogP contribution in [-0.4, -0.2) is 27.5 Å². The molecule has 1 N–H and O–H groups in total. The summed E-state index contributed by atoms with van der Waals surface area (Å²) in [4.78, 5) is 56.2. The van der Waals surface area contributed by atoms with Crippen LogP contribution in [0.3, 0.4) is 0 Å². The van der Waals surface area contributed by atoms with Crippen LogP contribution in [0.4, 0.5) is 11.4 Å². The number of nitrogens with one attached hydrogen (secondary N) is 1. The molecule has 3 atom stereocenters. The summed E-state index contributed by atoms with van der Waals surface area (Å²) in [5.41, 5.74) is 3.94. The second kappa shape index (κ2) is 11.1. The average molecular weight is 632 g/mol. The maximum Gasteiger partial charge on any atom is 0.308 e. The number of hydrogen-bond acceptors (Lipinski definition) is 6. The molecule has 0 saturated carbocycles. The molecule has 220 valence electrons. The minimum Gasteiger partial charge on any atom is -0.324 e. The maximum atomic E-state index is 14.1. The molecule has 2 aliphatic heterocycles. The van der Waals surface area contributed by atoms with Crippen molar-refractivity contribution in [2.75, 3.05) is 10.2 Å². The van der Waals surface area contributed by atoms with E-state index in [1.807, 2.05) is 55.5 Å². The number of hydrogen-bond donors (Lipinski definition) is 1. The molecule has 2 aliphatic rings. The van der Waals surface area contributed by atoms with Gasteiger partial charge in [-0.3, -0.25) is 23.7 Å². The SMILES string of the molecule is Cc1ccccc1NC(=O)Cn1c2c(sc1=O)C(c1ccc(C(C)(C)C)cc1)C1C(=O)N(c3ccc(Cl)cc3)C(=O)C1S2. The molecule has 3 unspecified atom stereocenters. The number of para-hydroxylation sites is 1. The van der Waals surface area contributed by atoms with Crippen molar-refractivity contribution in [2.45, 2.75) is 55.8 Å². The zero-order valence-electron chi connectivity index (χ0n) is 24.1. The monoisotopic (exact) mass is 631 g/mol. The summed E-state index contributed by atoms with van der Waals surface area (Å²) < 4.78 is 1.44. The van der Waals surface area contributed by atoms with Gasteiger partial charge >= 0.3 is 4.87 Å². The molecule has 4 aromatic rings. The van der Waals surface area contributed by atoms with Gasteiger partial charge in [-0.25, -0.2) is 4.90 Å². The Morgan fingerprint density at radius 3 is 2.26 bits per heavy atom. The van der Waals surface area contributed by atoms with E-state index in [1.165, 1.54) is 21.2 Å². The molecule has 0 radical (unpaired) electrons. The van der Waals surface area contributed by atoms with Crippen LogP contribution in [0, 0.1) is 12.8 Å². The number of carbonyl (C=O) groups excluding carboxylic acids is 3. The first-order valence-corrected chi connectivity index (χ1v) is 16.0. The van der Waals surface area contributed by atoms with E-state index in [0.717, 1.165) is 28.0 Å². The van der Waals surface area contributed by atoms with Gasteiger partial charge in [0.25, 0.3) is 0 Å². The largest absolute Gasteiger partial charge is 0.324 e. The van der Waals surface area contributed by atoms with E-state index in [2.05, 4.69) is 26.1 Å². The summed E-state index contributed by atoms with van der Waals surface area (Å²) in [6, 6.07) is 22.1. The molecule has 3 aromatic carbocycles. The van der Waals surface area contributed by atoms with Gasteiger partial charge in [0.05, 0.1) is 16.6 Å². The third-order valence-electron chi connectivity index (χ3n) is 7.99. The third kappa shape index (κ3) is 5.34. The van der Waals surface area contributed by atoms with Crippen LogP contribution in [0.2, 0.25) is 5.02 Å². The first-order chi connectivity index (χ1) is 20.4. The number of fused-ring (bicyclic) bond motifs is 2. The minimum atomic E-state index is -0.761. The summed E-state index contributed by atoms with van der Waals surface area (Å²) in [5.74, 6) is -2.25. The number of thiazole rings is 1. The average Bonchev–Trinajstić information content (AvgIpc) is 3.40. The van der Waals surface area contributed by atoms with Crippen LogP contribution in [0.15, 0.2) is 82.6 Å². The molecular weight excluding hydrogens is 602 g/mol. The second-order valence-corrected chi connectivity index (χ2v) is 14.4. The van der Waals surface area contributed by atoms with Crippen LogP contribution in [0.5, 0.6) is 0 Å². The summed E-state index contributed by atoms with van der Waals surface area (Å²) >= 11 is 8.32. The van der Waals surface area contributed by atoms with Gasteiger partial charge in [0.1, 0.15) is 11.8 Å². The van der Waals surface area contributed by atoms with Gasteiger partial charge in [0.15, 0.2) is 0 Å². The Morgan fingerprint density at radius 1 is 0.930 bits per heavy atom. The number of rotatable bonds is 5. The van der Waals surface area contributed by atoms with Crippen LogP contribution in [0.1, 0.15) is 48.3 Å². The number of imide groups is 1. The number of nitrogens with zero attached hydrogens (tertiary/aromatic N) is 2. The van der Waals surface area contributed by atoms with Crippen LogP contribution < -0.4 is 15.1 Å². The zero-order valence-corrected chi connectivity index (χ0v) is 26.5. The molecule has 0 spiro atoms. The number of carbonyl (C=O) groups is 3. The number of benzene rings is 3. The Balaban J connectivity index is 1.42. The lowest BCUT2D eigenvalue weighted by Gasteiger charge is -2.31. The van der Waals surface area contributed by atoms with Crippen molar-refractivity contribution >= 4 is 63.8 Å². The lowest BCUT2D eigenvalue weighted by atomic mass is 9.81. The summed E-state index contributed by atoms with van der Waals surface area (Å²) in [5, 5.41) is 3.19. The highest BCUT2D eigenvalue weighted by atomic mass is 35.5. The number of thioether (sulfide) groups is 1. The maximum absolute atomic E-state index is 14.1. The van der Waals surface area contributed by atoms with Gasteiger partial charge in [0.2, 0.25) is 17.7 Å².